The highest BCUT2D eigenvalue weighted by atomic mass is 32.1. The number of nitrogens with one attached hydrogen (secondary N) is 1. The molecule has 2 aromatic rings. The van der Waals surface area contributed by atoms with Crippen LogP contribution in [0.1, 0.15) is 23.1 Å². The Labute approximate surface area is 112 Å². The molecule has 1 aromatic heterocycles. The van der Waals surface area contributed by atoms with Gasteiger partial charge in [-0.1, -0.05) is 19.1 Å². The van der Waals surface area contributed by atoms with Crippen LogP contribution in [-0.4, -0.2) is 11.5 Å². The largest absolute Gasteiger partial charge is 0.332 e. The molecule has 4 heteroatoms. The predicted molar refractivity (Wildman–Crippen MR) is 78.7 cm³/mol. The molecular weight excluding hydrogens is 242 g/mol. The van der Waals surface area contributed by atoms with Crippen LogP contribution in [0.15, 0.2) is 24.3 Å². The van der Waals surface area contributed by atoms with Crippen molar-refractivity contribution in [3.05, 3.63) is 40.4 Å². The highest BCUT2D eigenvalue weighted by Crippen LogP contribution is 2.26. The van der Waals surface area contributed by atoms with Crippen LogP contribution in [0.4, 0.5) is 10.8 Å². The van der Waals surface area contributed by atoms with E-state index in [0.29, 0.717) is 6.54 Å². The number of aryl methyl sites for hydroxylation is 2. The number of nitrogens with zero attached hydrogens (tertiary/aromatic N) is 1. The van der Waals surface area contributed by atoms with Crippen LogP contribution in [0.25, 0.3) is 0 Å². The Kier molecular flexibility index (Phi) is 4.33. The summed E-state index contributed by atoms with van der Waals surface area (Å²) in [6.07, 6.45) is 1.97. The second-order valence-electron chi connectivity index (χ2n) is 4.24. The topological polar surface area (TPSA) is 50.9 Å². The Morgan fingerprint density at radius 2 is 2.00 bits per heavy atom. The first kappa shape index (κ1) is 13.1. The lowest BCUT2D eigenvalue weighted by Crippen LogP contribution is -2.01. The zero-order valence-electron chi connectivity index (χ0n) is 10.9. The zero-order valence-corrected chi connectivity index (χ0v) is 11.7. The number of thiazole rings is 1. The Hall–Kier alpha value is -1.39. The van der Waals surface area contributed by atoms with Gasteiger partial charge in [0.1, 0.15) is 0 Å². The number of hydrogen-bond acceptors (Lipinski definition) is 4. The molecule has 0 aliphatic rings. The van der Waals surface area contributed by atoms with E-state index in [9.17, 15) is 0 Å². The van der Waals surface area contributed by atoms with E-state index >= 15 is 0 Å². The van der Waals surface area contributed by atoms with Crippen LogP contribution in [0.2, 0.25) is 0 Å². The van der Waals surface area contributed by atoms with Crippen LogP contribution >= 0.6 is 11.3 Å². The van der Waals surface area contributed by atoms with E-state index in [2.05, 4.69) is 41.5 Å². The second-order valence-corrected chi connectivity index (χ2v) is 5.33. The number of benzene rings is 1. The van der Waals surface area contributed by atoms with E-state index in [4.69, 9.17) is 5.73 Å². The molecule has 96 valence electrons. The molecule has 0 spiro atoms. The minimum Gasteiger partial charge on any atom is -0.332 e. The van der Waals surface area contributed by atoms with Crippen molar-refractivity contribution in [1.29, 1.82) is 0 Å². The van der Waals surface area contributed by atoms with Gasteiger partial charge in [0.15, 0.2) is 5.13 Å². The van der Waals surface area contributed by atoms with Gasteiger partial charge < -0.3 is 11.1 Å². The monoisotopic (exact) mass is 261 g/mol. The predicted octanol–water partition coefficient (Wildman–Crippen LogP) is 3.26. The van der Waals surface area contributed by atoms with Gasteiger partial charge >= 0.3 is 0 Å². The van der Waals surface area contributed by atoms with E-state index < -0.39 is 0 Å². The molecule has 0 unspecified atom stereocenters. The Balaban J connectivity index is 2.10. The fourth-order valence-electron chi connectivity index (χ4n) is 1.79. The van der Waals surface area contributed by atoms with Gasteiger partial charge in [-0.15, -0.1) is 11.3 Å². The summed E-state index contributed by atoms with van der Waals surface area (Å²) in [6, 6.07) is 8.48. The average Bonchev–Trinajstić information content (AvgIpc) is 2.71. The van der Waals surface area contributed by atoms with E-state index in [1.54, 1.807) is 11.3 Å². The minimum absolute atomic E-state index is 0.674. The first-order chi connectivity index (χ1) is 8.72. The van der Waals surface area contributed by atoms with Crippen molar-refractivity contribution in [2.45, 2.75) is 26.7 Å². The number of hydrogen-bond donors (Lipinski definition) is 2. The van der Waals surface area contributed by atoms with Crippen LogP contribution < -0.4 is 11.1 Å². The second kappa shape index (κ2) is 5.98. The van der Waals surface area contributed by atoms with Crippen molar-refractivity contribution in [2.75, 3.05) is 11.9 Å². The van der Waals surface area contributed by atoms with E-state index in [1.165, 1.54) is 10.4 Å². The lowest BCUT2D eigenvalue weighted by atomic mass is 10.1. The summed E-state index contributed by atoms with van der Waals surface area (Å²) in [4.78, 5) is 5.79. The minimum atomic E-state index is 0.674. The van der Waals surface area contributed by atoms with E-state index in [1.807, 2.05) is 6.92 Å². The molecule has 2 rings (SSSR count). The molecule has 0 amide bonds. The summed E-state index contributed by atoms with van der Waals surface area (Å²) in [6.45, 7) is 4.87. The molecular formula is C14H19N3S. The molecule has 1 aromatic carbocycles. The molecule has 0 aliphatic carbocycles. The molecule has 3 nitrogen and oxygen atoms in total. The van der Waals surface area contributed by atoms with Crippen molar-refractivity contribution in [2.24, 2.45) is 5.73 Å². The summed E-state index contributed by atoms with van der Waals surface area (Å²) < 4.78 is 0. The Morgan fingerprint density at radius 1 is 1.28 bits per heavy atom. The average molecular weight is 261 g/mol. The van der Waals surface area contributed by atoms with Crippen LogP contribution in [0.3, 0.4) is 0 Å². The van der Waals surface area contributed by atoms with Gasteiger partial charge in [0.2, 0.25) is 0 Å². The molecule has 0 atom stereocenters. The fraction of sp³-hybridized carbons (Fsp3) is 0.357. The summed E-state index contributed by atoms with van der Waals surface area (Å²) in [5.74, 6) is 0. The van der Waals surface area contributed by atoms with Gasteiger partial charge in [-0.3, -0.25) is 0 Å². The van der Waals surface area contributed by atoms with Crippen molar-refractivity contribution in [3.8, 4) is 0 Å². The van der Waals surface area contributed by atoms with E-state index in [0.717, 1.165) is 29.4 Å². The first-order valence-electron chi connectivity index (χ1n) is 6.25. The summed E-state index contributed by atoms with van der Waals surface area (Å²) >= 11 is 1.69. The number of rotatable bonds is 5. The summed E-state index contributed by atoms with van der Waals surface area (Å²) in [7, 11) is 0. The maximum atomic E-state index is 5.58. The highest BCUT2D eigenvalue weighted by Gasteiger charge is 2.06. The number of anilines is 2. The van der Waals surface area contributed by atoms with Crippen LogP contribution in [0, 0.1) is 6.92 Å². The van der Waals surface area contributed by atoms with Crippen LogP contribution in [0.5, 0.6) is 0 Å². The Bertz CT molecular complexity index is 502. The number of aromatic nitrogens is 1. The fourth-order valence-corrected chi connectivity index (χ4v) is 2.79. The normalized spacial score (nSPS) is 10.6. The van der Waals surface area contributed by atoms with Gasteiger partial charge in [-0.05, 0) is 44.0 Å². The lowest BCUT2D eigenvalue weighted by Gasteiger charge is -2.03. The van der Waals surface area contributed by atoms with Crippen molar-refractivity contribution < 1.29 is 0 Å². The molecule has 0 aliphatic heterocycles. The molecule has 3 N–H and O–H groups in total. The molecule has 0 saturated carbocycles. The molecule has 0 fully saturated rings. The molecule has 0 bridgehead atoms. The quantitative estimate of drug-likeness (QED) is 0.868. The lowest BCUT2D eigenvalue weighted by molar-refractivity contribution is 0.970. The third-order valence-electron chi connectivity index (χ3n) is 2.88. The number of nitrogens with two attached hydrogens (primary N) is 1. The molecule has 0 saturated heterocycles. The maximum Gasteiger partial charge on any atom is 0.187 e. The molecule has 1 heterocycles. The maximum absolute atomic E-state index is 5.58. The molecule has 18 heavy (non-hydrogen) atoms. The Morgan fingerprint density at radius 3 is 2.61 bits per heavy atom. The van der Waals surface area contributed by atoms with E-state index in [-0.39, 0.29) is 0 Å². The van der Waals surface area contributed by atoms with Crippen molar-refractivity contribution in [1.82, 2.24) is 4.98 Å². The van der Waals surface area contributed by atoms with Gasteiger partial charge in [-0.2, -0.15) is 0 Å². The molecule has 0 radical (unpaired) electrons. The standard InChI is InChI=1S/C14H19N3S/c1-3-11-4-6-12(7-5-11)17-14-16-10(2)13(18-14)8-9-15/h4-7H,3,8-9,15H2,1-2H3,(H,16,17). The van der Waals surface area contributed by atoms with Gasteiger partial charge in [0.25, 0.3) is 0 Å². The van der Waals surface area contributed by atoms with Gasteiger partial charge in [0.05, 0.1) is 5.69 Å². The van der Waals surface area contributed by atoms with Crippen LogP contribution in [-0.2, 0) is 12.8 Å². The summed E-state index contributed by atoms with van der Waals surface area (Å²) in [5.41, 5.74) is 9.09. The zero-order chi connectivity index (χ0) is 13.0. The van der Waals surface area contributed by atoms with Crippen molar-refractivity contribution >= 4 is 22.2 Å². The first-order valence-corrected chi connectivity index (χ1v) is 7.07. The van der Waals surface area contributed by atoms with Crippen molar-refractivity contribution in [3.63, 3.8) is 0 Å². The highest BCUT2D eigenvalue weighted by molar-refractivity contribution is 7.15. The smallest absolute Gasteiger partial charge is 0.187 e. The summed E-state index contributed by atoms with van der Waals surface area (Å²) in [5, 5.41) is 4.29. The van der Waals surface area contributed by atoms with Gasteiger partial charge in [0, 0.05) is 10.6 Å². The van der Waals surface area contributed by atoms with Gasteiger partial charge in [-0.25, -0.2) is 4.98 Å². The SMILES string of the molecule is CCc1ccc(Nc2nc(C)c(CCN)s2)cc1. The third kappa shape index (κ3) is 3.09. The third-order valence-corrected chi connectivity index (χ3v) is 4.01.